The van der Waals surface area contributed by atoms with Crippen molar-refractivity contribution in [1.29, 1.82) is 0 Å². The van der Waals surface area contributed by atoms with E-state index in [1.54, 1.807) is 0 Å². The Morgan fingerprint density at radius 2 is 2.00 bits per heavy atom. The van der Waals surface area contributed by atoms with E-state index in [0.717, 1.165) is 5.75 Å². The summed E-state index contributed by atoms with van der Waals surface area (Å²) in [6.45, 7) is 9.88. The van der Waals surface area contributed by atoms with Gasteiger partial charge in [-0.15, -0.1) is 0 Å². The lowest BCUT2D eigenvalue weighted by molar-refractivity contribution is 0.187. The minimum absolute atomic E-state index is 0.0356. The van der Waals surface area contributed by atoms with Crippen LogP contribution in [0, 0.1) is 5.41 Å². The quantitative estimate of drug-likeness (QED) is 0.829. The van der Waals surface area contributed by atoms with Gasteiger partial charge in [0.05, 0.1) is 6.61 Å². The molecule has 0 aliphatic rings. The van der Waals surface area contributed by atoms with E-state index < -0.39 is 0 Å². The molecule has 0 saturated heterocycles. The molecule has 0 fully saturated rings. The Bertz CT molecular complexity index is 331. The van der Waals surface area contributed by atoms with Crippen molar-refractivity contribution in [1.82, 2.24) is 0 Å². The molecule has 90 valence electrons. The molecule has 0 atom stereocenters. The van der Waals surface area contributed by atoms with Crippen molar-refractivity contribution in [3.05, 3.63) is 29.8 Å². The summed E-state index contributed by atoms with van der Waals surface area (Å²) in [5.74, 6) is 1.47. The van der Waals surface area contributed by atoms with Gasteiger partial charge in [-0.05, 0) is 23.6 Å². The highest BCUT2D eigenvalue weighted by molar-refractivity contribution is 5.30. The average Bonchev–Trinajstić information content (AvgIpc) is 2.27. The lowest BCUT2D eigenvalue weighted by atomic mass is 9.95. The molecule has 16 heavy (non-hydrogen) atoms. The van der Waals surface area contributed by atoms with Crippen molar-refractivity contribution < 1.29 is 4.74 Å². The van der Waals surface area contributed by atoms with Crippen LogP contribution in [0.2, 0.25) is 0 Å². The second-order valence-electron chi connectivity index (χ2n) is 5.38. The Morgan fingerprint density at radius 3 is 2.56 bits per heavy atom. The van der Waals surface area contributed by atoms with E-state index in [0.29, 0.717) is 19.1 Å². The number of hydrogen-bond donors (Lipinski definition) is 1. The number of nitrogens with two attached hydrogens (primary N) is 1. The monoisotopic (exact) mass is 221 g/mol. The van der Waals surface area contributed by atoms with Crippen molar-refractivity contribution in [3.8, 4) is 5.75 Å². The predicted molar refractivity (Wildman–Crippen MR) is 68.9 cm³/mol. The lowest BCUT2D eigenvalue weighted by Gasteiger charge is -2.22. The van der Waals surface area contributed by atoms with Crippen molar-refractivity contribution in [2.45, 2.75) is 33.6 Å². The van der Waals surface area contributed by atoms with E-state index in [2.05, 4.69) is 39.8 Å². The molecule has 0 aromatic heterocycles. The summed E-state index contributed by atoms with van der Waals surface area (Å²) in [6.07, 6.45) is 0. The molecular formula is C14H23NO. The molecule has 2 heteroatoms. The van der Waals surface area contributed by atoms with Gasteiger partial charge < -0.3 is 10.5 Å². The topological polar surface area (TPSA) is 35.2 Å². The average molecular weight is 221 g/mol. The highest BCUT2D eigenvalue weighted by Gasteiger charge is 2.16. The van der Waals surface area contributed by atoms with Crippen molar-refractivity contribution in [3.63, 3.8) is 0 Å². The van der Waals surface area contributed by atoms with Gasteiger partial charge in [0.1, 0.15) is 5.75 Å². The molecular weight excluding hydrogens is 198 g/mol. The summed E-state index contributed by atoms with van der Waals surface area (Å²) in [7, 11) is 0. The molecule has 0 saturated carbocycles. The van der Waals surface area contributed by atoms with Gasteiger partial charge in [0.2, 0.25) is 0 Å². The summed E-state index contributed by atoms with van der Waals surface area (Å²) in [4.78, 5) is 0. The fourth-order valence-corrected chi connectivity index (χ4v) is 1.30. The van der Waals surface area contributed by atoms with Gasteiger partial charge in [-0.3, -0.25) is 0 Å². The molecule has 0 aliphatic heterocycles. The third-order valence-corrected chi connectivity index (χ3v) is 2.71. The van der Waals surface area contributed by atoms with Gasteiger partial charge in [0, 0.05) is 12.0 Å². The van der Waals surface area contributed by atoms with E-state index >= 15 is 0 Å². The molecule has 0 amide bonds. The van der Waals surface area contributed by atoms with Crippen molar-refractivity contribution in [2.75, 3.05) is 13.2 Å². The van der Waals surface area contributed by atoms with Crippen LogP contribution in [-0.4, -0.2) is 13.2 Å². The highest BCUT2D eigenvalue weighted by atomic mass is 16.5. The standard InChI is InChI=1S/C14H23NO/c1-11(2)12-6-5-7-13(8-12)16-10-14(3,4)9-15/h5-8,11H,9-10,15H2,1-4H3. The number of rotatable bonds is 5. The highest BCUT2D eigenvalue weighted by Crippen LogP contribution is 2.22. The minimum Gasteiger partial charge on any atom is -0.493 e. The van der Waals surface area contributed by atoms with Crippen LogP contribution in [0.1, 0.15) is 39.2 Å². The summed E-state index contributed by atoms with van der Waals surface area (Å²) < 4.78 is 5.77. The van der Waals surface area contributed by atoms with Crippen LogP contribution in [0.4, 0.5) is 0 Å². The first-order valence-electron chi connectivity index (χ1n) is 5.87. The Balaban J connectivity index is 2.64. The zero-order chi connectivity index (χ0) is 12.2. The fraction of sp³-hybridized carbons (Fsp3) is 0.571. The first kappa shape index (κ1) is 13.0. The largest absolute Gasteiger partial charge is 0.493 e. The molecule has 2 nitrogen and oxygen atoms in total. The van der Waals surface area contributed by atoms with Crippen molar-refractivity contribution in [2.24, 2.45) is 11.1 Å². The van der Waals surface area contributed by atoms with Gasteiger partial charge in [-0.1, -0.05) is 39.8 Å². The Hall–Kier alpha value is -1.02. The Kier molecular flexibility index (Phi) is 4.36. The summed E-state index contributed by atoms with van der Waals surface area (Å²) in [6, 6.07) is 8.28. The molecule has 0 heterocycles. The molecule has 2 N–H and O–H groups in total. The molecule has 1 rings (SSSR count). The maximum atomic E-state index is 5.77. The SMILES string of the molecule is CC(C)c1cccc(OCC(C)(C)CN)c1. The van der Waals surface area contributed by atoms with E-state index in [1.165, 1.54) is 5.56 Å². The van der Waals surface area contributed by atoms with Crippen molar-refractivity contribution >= 4 is 0 Å². The fourth-order valence-electron chi connectivity index (χ4n) is 1.30. The van der Waals surface area contributed by atoms with E-state index in [1.807, 2.05) is 12.1 Å². The third kappa shape index (κ3) is 3.86. The molecule has 1 aromatic carbocycles. The van der Waals surface area contributed by atoms with Gasteiger partial charge in [-0.25, -0.2) is 0 Å². The molecule has 1 aromatic rings. The Labute approximate surface area is 98.8 Å². The molecule has 0 unspecified atom stereocenters. The van der Waals surface area contributed by atoms with Gasteiger partial charge in [0.15, 0.2) is 0 Å². The molecule has 0 bridgehead atoms. The van der Waals surface area contributed by atoms with Crippen LogP contribution in [0.25, 0.3) is 0 Å². The van der Waals surface area contributed by atoms with Gasteiger partial charge in [0.25, 0.3) is 0 Å². The number of ether oxygens (including phenoxy) is 1. The molecule has 0 aliphatic carbocycles. The maximum Gasteiger partial charge on any atom is 0.119 e. The second-order valence-corrected chi connectivity index (χ2v) is 5.38. The minimum atomic E-state index is 0.0356. The Morgan fingerprint density at radius 1 is 1.31 bits per heavy atom. The van der Waals surface area contributed by atoms with Crippen LogP contribution in [0.15, 0.2) is 24.3 Å². The second kappa shape index (κ2) is 5.35. The predicted octanol–water partition coefficient (Wildman–Crippen LogP) is 3.17. The molecule has 0 radical (unpaired) electrons. The van der Waals surface area contributed by atoms with E-state index in [4.69, 9.17) is 10.5 Å². The molecule has 0 spiro atoms. The van der Waals surface area contributed by atoms with Crippen LogP contribution in [0.3, 0.4) is 0 Å². The van der Waals surface area contributed by atoms with Crippen LogP contribution < -0.4 is 10.5 Å². The summed E-state index contributed by atoms with van der Waals surface area (Å²) >= 11 is 0. The first-order valence-corrected chi connectivity index (χ1v) is 5.87. The van der Waals surface area contributed by atoms with Gasteiger partial charge >= 0.3 is 0 Å². The van der Waals surface area contributed by atoms with Gasteiger partial charge in [-0.2, -0.15) is 0 Å². The smallest absolute Gasteiger partial charge is 0.119 e. The normalized spacial score (nSPS) is 11.9. The third-order valence-electron chi connectivity index (χ3n) is 2.71. The first-order chi connectivity index (χ1) is 7.44. The summed E-state index contributed by atoms with van der Waals surface area (Å²) in [5.41, 5.74) is 7.01. The number of benzene rings is 1. The van der Waals surface area contributed by atoms with Crippen LogP contribution in [-0.2, 0) is 0 Å². The van der Waals surface area contributed by atoms with Crippen LogP contribution in [0.5, 0.6) is 5.75 Å². The van der Waals surface area contributed by atoms with Crippen LogP contribution >= 0.6 is 0 Å². The van der Waals surface area contributed by atoms with E-state index in [9.17, 15) is 0 Å². The van der Waals surface area contributed by atoms with E-state index in [-0.39, 0.29) is 5.41 Å². The lowest BCUT2D eigenvalue weighted by Crippen LogP contribution is -2.30. The zero-order valence-electron chi connectivity index (χ0n) is 10.8. The summed E-state index contributed by atoms with van der Waals surface area (Å²) in [5, 5.41) is 0. The maximum absolute atomic E-state index is 5.77. The number of hydrogen-bond acceptors (Lipinski definition) is 2. The zero-order valence-corrected chi connectivity index (χ0v) is 10.8.